The molecule has 196 valence electrons. The first kappa shape index (κ1) is 31.8. The molecule has 34 heavy (non-hydrogen) atoms. The summed E-state index contributed by atoms with van der Waals surface area (Å²) in [5.41, 5.74) is 16.3. The van der Waals surface area contributed by atoms with Crippen LogP contribution in [-0.4, -0.2) is 83.2 Å². The molecule has 0 fully saturated rings. The Morgan fingerprint density at radius 1 is 0.971 bits per heavy atom. The molecule has 0 aromatic rings. The maximum absolute atomic E-state index is 13.0. The number of aliphatic carboxylic acids is 1. The van der Waals surface area contributed by atoms with Gasteiger partial charge in [0.2, 0.25) is 17.7 Å². The summed E-state index contributed by atoms with van der Waals surface area (Å²) < 4.78 is 0. The van der Waals surface area contributed by atoms with Gasteiger partial charge in [0.1, 0.15) is 18.1 Å². The number of thioether (sulfide) groups is 1. The van der Waals surface area contributed by atoms with Crippen molar-refractivity contribution in [2.24, 2.45) is 28.1 Å². The zero-order chi connectivity index (χ0) is 26.3. The van der Waals surface area contributed by atoms with Gasteiger partial charge in [-0.05, 0) is 43.6 Å². The van der Waals surface area contributed by atoms with Crippen molar-refractivity contribution in [3.05, 3.63) is 0 Å². The minimum absolute atomic E-state index is 0.0260. The summed E-state index contributed by atoms with van der Waals surface area (Å²) in [7, 11) is 0. The minimum atomic E-state index is -1.15. The molecular weight excluding hydrogens is 482 g/mol. The van der Waals surface area contributed by atoms with Gasteiger partial charge in [-0.15, -0.1) is 0 Å². The fraction of sp³-hybridized carbons (Fsp3) is 0.750. The van der Waals surface area contributed by atoms with Crippen LogP contribution in [0.15, 0.2) is 4.99 Å². The summed E-state index contributed by atoms with van der Waals surface area (Å²) in [5, 5.41) is 17.1. The average Bonchev–Trinajstić information content (AvgIpc) is 2.76. The third-order valence-corrected chi connectivity index (χ3v) is 5.71. The van der Waals surface area contributed by atoms with E-state index in [1.807, 2.05) is 20.1 Å². The lowest BCUT2D eigenvalue weighted by Gasteiger charge is -2.26. The van der Waals surface area contributed by atoms with Gasteiger partial charge in [0.15, 0.2) is 5.96 Å². The highest BCUT2D eigenvalue weighted by atomic mass is 32.2. The number of hydrogen-bond acceptors (Lipinski definition) is 8. The summed E-state index contributed by atoms with van der Waals surface area (Å²) in [6.07, 6.45) is 2.93. The molecule has 0 aromatic carbocycles. The van der Waals surface area contributed by atoms with E-state index in [4.69, 9.17) is 17.2 Å². The molecule has 0 aliphatic heterocycles. The molecule has 12 nitrogen and oxygen atoms in total. The van der Waals surface area contributed by atoms with Gasteiger partial charge < -0.3 is 38.3 Å². The molecule has 0 aromatic heterocycles. The summed E-state index contributed by atoms with van der Waals surface area (Å²) in [6, 6.07) is -3.98. The number of carbonyl (C=O) groups excluding carboxylic acids is 3. The fourth-order valence-electron chi connectivity index (χ4n) is 2.87. The average molecular weight is 522 g/mol. The second-order valence-corrected chi connectivity index (χ2v) is 9.52. The van der Waals surface area contributed by atoms with E-state index in [0.29, 0.717) is 12.2 Å². The van der Waals surface area contributed by atoms with Gasteiger partial charge in [0.05, 0.1) is 6.04 Å². The van der Waals surface area contributed by atoms with Crippen molar-refractivity contribution in [3.63, 3.8) is 0 Å². The predicted octanol–water partition coefficient (Wildman–Crippen LogP) is -1.36. The molecule has 3 amide bonds. The molecule has 0 aliphatic rings. The van der Waals surface area contributed by atoms with Gasteiger partial charge in [-0.3, -0.25) is 19.4 Å². The molecule has 0 rings (SSSR count). The molecular formula is C20H39N7O5S2. The third kappa shape index (κ3) is 13.5. The van der Waals surface area contributed by atoms with E-state index in [0.717, 1.165) is 0 Å². The first-order chi connectivity index (χ1) is 15.9. The Bertz CT molecular complexity index is 705. The number of nitrogens with zero attached hydrogens (tertiary/aromatic N) is 1. The number of aliphatic imine (C=N–C) groups is 1. The van der Waals surface area contributed by atoms with Crippen LogP contribution in [0.1, 0.15) is 39.5 Å². The number of hydrogen-bond donors (Lipinski definition) is 8. The number of amides is 3. The van der Waals surface area contributed by atoms with E-state index < -0.39 is 47.9 Å². The second-order valence-electron chi connectivity index (χ2n) is 8.17. The number of rotatable bonds is 17. The number of nitrogens with one attached hydrogen (secondary N) is 3. The van der Waals surface area contributed by atoms with Crippen LogP contribution in [0.3, 0.4) is 0 Å². The van der Waals surface area contributed by atoms with Gasteiger partial charge in [-0.1, -0.05) is 13.8 Å². The van der Waals surface area contributed by atoms with Gasteiger partial charge in [-0.2, -0.15) is 24.4 Å². The van der Waals surface area contributed by atoms with Crippen LogP contribution >= 0.6 is 24.4 Å². The smallest absolute Gasteiger partial charge is 0.326 e. The van der Waals surface area contributed by atoms with Crippen molar-refractivity contribution in [2.75, 3.05) is 24.3 Å². The molecule has 10 N–H and O–H groups in total. The molecule has 0 spiro atoms. The van der Waals surface area contributed by atoms with Crippen molar-refractivity contribution in [1.29, 1.82) is 0 Å². The zero-order valence-corrected chi connectivity index (χ0v) is 21.7. The predicted molar refractivity (Wildman–Crippen MR) is 138 cm³/mol. The topological polar surface area (TPSA) is 215 Å². The SMILES string of the molecule is CSCCC(NC(=O)C(CC(C)C)NC(=O)C(CCCN=C(N)N)NC(=O)C(N)CS)C(=O)O. The molecule has 0 heterocycles. The van der Waals surface area contributed by atoms with Crippen molar-refractivity contribution in [2.45, 2.75) is 63.7 Å². The van der Waals surface area contributed by atoms with Crippen LogP contribution in [0.25, 0.3) is 0 Å². The van der Waals surface area contributed by atoms with Gasteiger partial charge in [0, 0.05) is 12.3 Å². The molecule has 4 unspecified atom stereocenters. The molecule has 0 saturated heterocycles. The molecule has 0 saturated carbocycles. The van der Waals surface area contributed by atoms with Crippen molar-refractivity contribution in [3.8, 4) is 0 Å². The van der Waals surface area contributed by atoms with Crippen molar-refractivity contribution < 1.29 is 24.3 Å². The van der Waals surface area contributed by atoms with E-state index in [9.17, 15) is 24.3 Å². The van der Waals surface area contributed by atoms with E-state index in [2.05, 4.69) is 33.6 Å². The largest absolute Gasteiger partial charge is 0.480 e. The zero-order valence-electron chi connectivity index (χ0n) is 20.0. The van der Waals surface area contributed by atoms with Gasteiger partial charge in [0.25, 0.3) is 0 Å². The fourth-order valence-corrected chi connectivity index (χ4v) is 3.51. The standard InChI is InChI=1S/C20H39N7O5S2/c1-11(2)9-15(18(30)26-14(19(31)32)6-8-34-3)27-17(29)13(5-4-7-24-20(22)23)25-16(28)12(21)10-33/h11-15,33H,4-10,21H2,1-3H3,(H,25,28)(H,26,30)(H,27,29)(H,31,32)(H4,22,23,24). The molecule has 0 radical (unpaired) electrons. The number of nitrogens with two attached hydrogens (primary N) is 3. The number of carboxylic acids is 1. The van der Waals surface area contributed by atoms with Crippen LogP contribution in [0.5, 0.6) is 0 Å². The lowest BCUT2D eigenvalue weighted by molar-refractivity contribution is -0.142. The van der Waals surface area contributed by atoms with E-state index >= 15 is 0 Å². The van der Waals surface area contributed by atoms with Crippen LogP contribution in [0.2, 0.25) is 0 Å². The summed E-state index contributed by atoms with van der Waals surface area (Å²) >= 11 is 5.46. The first-order valence-electron chi connectivity index (χ1n) is 11.0. The first-order valence-corrected chi connectivity index (χ1v) is 13.0. The Morgan fingerprint density at radius 2 is 1.53 bits per heavy atom. The Kier molecular flexibility index (Phi) is 16.2. The van der Waals surface area contributed by atoms with Crippen LogP contribution in [0, 0.1) is 5.92 Å². The molecule has 0 aliphatic carbocycles. The van der Waals surface area contributed by atoms with Crippen molar-refractivity contribution >= 4 is 54.0 Å². The van der Waals surface area contributed by atoms with Crippen LogP contribution in [-0.2, 0) is 19.2 Å². The van der Waals surface area contributed by atoms with Gasteiger partial charge >= 0.3 is 5.97 Å². The number of guanidine groups is 1. The van der Waals surface area contributed by atoms with Gasteiger partial charge in [-0.25, -0.2) is 4.79 Å². The van der Waals surface area contributed by atoms with Crippen LogP contribution < -0.4 is 33.2 Å². The Balaban J connectivity index is 5.49. The Morgan fingerprint density at radius 3 is 2.03 bits per heavy atom. The second kappa shape index (κ2) is 17.3. The van der Waals surface area contributed by atoms with Crippen LogP contribution in [0.4, 0.5) is 0 Å². The van der Waals surface area contributed by atoms with E-state index in [1.165, 1.54) is 11.8 Å². The Hall–Kier alpha value is -2.19. The van der Waals surface area contributed by atoms with E-state index in [1.54, 1.807) is 0 Å². The lowest BCUT2D eigenvalue weighted by atomic mass is 10.0. The monoisotopic (exact) mass is 521 g/mol. The summed E-state index contributed by atoms with van der Waals surface area (Å²) in [4.78, 5) is 53.5. The van der Waals surface area contributed by atoms with E-state index in [-0.39, 0.29) is 43.4 Å². The highest BCUT2D eigenvalue weighted by Gasteiger charge is 2.30. The molecule has 0 bridgehead atoms. The van der Waals surface area contributed by atoms with Crippen molar-refractivity contribution in [1.82, 2.24) is 16.0 Å². The summed E-state index contributed by atoms with van der Waals surface area (Å²) in [5.74, 6) is -2.35. The highest BCUT2D eigenvalue weighted by molar-refractivity contribution is 7.98. The molecule has 14 heteroatoms. The normalized spacial score (nSPS) is 14.4. The maximum atomic E-state index is 13.0. The third-order valence-electron chi connectivity index (χ3n) is 4.68. The number of carboxylic acid groups (broad SMARTS) is 1. The summed E-state index contributed by atoms with van der Waals surface area (Å²) in [6.45, 7) is 3.98. The number of thiol groups is 1. The highest BCUT2D eigenvalue weighted by Crippen LogP contribution is 2.09. The quantitative estimate of drug-likeness (QED) is 0.0490. The molecule has 4 atom stereocenters. The number of carbonyl (C=O) groups is 4. The lowest BCUT2D eigenvalue weighted by Crippen LogP contribution is -2.57. The minimum Gasteiger partial charge on any atom is -0.480 e. The maximum Gasteiger partial charge on any atom is 0.326 e. The Labute approximate surface area is 210 Å².